The van der Waals surface area contributed by atoms with Crippen molar-refractivity contribution >= 4 is 17.4 Å². The van der Waals surface area contributed by atoms with E-state index in [0.29, 0.717) is 11.1 Å². The van der Waals surface area contributed by atoms with Crippen LogP contribution in [0.15, 0.2) is 18.2 Å². The lowest BCUT2D eigenvalue weighted by molar-refractivity contribution is 0.0528. The van der Waals surface area contributed by atoms with Gasteiger partial charge in [-0.25, -0.2) is 0 Å². The zero-order valence-corrected chi connectivity index (χ0v) is 9.27. The minimum Gasteiger partial charge on any atom is -0.385 e. The lowest BCUT2D eigenvalue weighted by Gasteiger charge is -2.13. The first-order valence-electron chi connectivity index (χ1n) is 4.53. The van der Waals surface area contributed by atoms with Crippen LogP contribution in [0.1, 0.15) is 28.9 Å². The third kappa shape index (κ3) is 2.58. The van der Waals surface area contributed by atoms with Crippen LogP contribution < -0.4 is 0 Å². The van der Waals surface area contributed by atoms with E-state index >= 15 is 0 Å². The topological polar surface area (TPSA) is 81.3 Å². The van der Waals surface area contributed by atoms with Crippen molar-refractivity contribution in [2.24, 2.45) is 0 Å². The van der Waals surface area contributed by atoms with E-state index < -0.39 is 12.2 Å². The van der Waals surface area contributed by atoms with E-state index in [0.717, 1.165) is 0 Å². The van der Waals surface area contributed by atoms with Crippen molar-refractivity contribution in [2.45, 2.75) is 19.1 Å². The highest BCUT2D eigenvalue weighted by Crippen LogP contribution is 2.24. The number of carbonyl (C=O) groups is 1. The molecule has 1 aromatic rings. The minimum absolute atomic E-state index is 0.188. The molecule has 5 heteroatoms. The Balaban J connectivity index is 3.07. The molecular formula is C11H10ClNO3. The number of aliphatic hydroxyl groups is 2. The summed E-state index contributed by atoms with van der Waals surface area (Å²) in [5.41, 5.74) is 0.633. The predicted octanol–water partition coefficient (Wildman–Crippen LogP) is 1.46. The van der Waals surface area contributed by atoms with Crippen molar-refractivity contribution < 1.29 is 15.0 Å². The van der Waals surface area contributed by atoms with Crippen LogP contribution in [0.5, 0.6) is 0 Å². The first-order valence-corrected chi connectivity index (χ1v) is 4.91. The average molecular weight is 240 g/mol. The molecule has 84 valence electrons. The second-order valence-electron chi connectivity index (χ2n) is 3.31. The summed E-state index contributed by atoms with van der Waals surface area (Å²) in [6.45, 7) is 1.38. The van der Waals surface area contributed by atoms with Gasteiger partial charge in [0, 0.05) is 5.56 Å². The number of carbonyl (C=O) groups excluding carboxylic acids is 1. The number of Topliss-reactive ketones (excluding diaryl/α,β-unsaturated/α-hetero) is 1. The molecule has 0 aromatic heterocycles. The number of halogens is 1. The van der Waals surface area contributed by atoms with Crippen LogP contribution in [-0.4, -0.2) is 22.1 Å². The van der Waals surface area contributed by atoms with E-state index in [4.69, 9.17) is 22.0 Å². The number of rotatable bonds is 3. The Bertz CT molecular complexity index is 453. The van der Waals surface area contributed by atoms with Crippen LogP contribution in [0, 0.1) is 11.3 Å². The van der Waals surface area contributed by atoms with Crippen LogP contribution in [0.4, 0.5) is 0 Å². The van der Waals surface area contributed by atoms with Gasteiger partial charge >= 0.3 is 0 Å². The fourth-order valence-electron chi connectivity index (χ4n) is 1.25. The van der Waals surface area contributed by atoms with E-state index in [1.165, 1.54) is 31.2 Å². The summed E-state index contributed by atoms with van der Waals surface area (Å²) in [5.74, 6) is -0.188. The third-order valence-corrected chi connectivity index (χ3v) is 2.46. The molecule has 16 heavy (non-hydrogen) atoms. The van der Waals surface area contributed by atoms with Gasteiger partial charge in [0.1, 0.15) is 6.10 Å². The molecular weight excluding hydrogens is 230 g/mol. The summed E-state index contributed by atoms with van der Waals surface area (Å²) in [7, 11) is 0. The van der Waals surface area contributed by atoms with Gasteiger partial charge in [-0.05, 0) is 24.6 Å². The van der Waals surface area contributed by atoms with E-state index in [1.54, 1.807) is 0 Å². The van der Waals surface area contributed by atoms with E-state index in [2.05, 4.69) is 0 Å². The number of aliphatic hydroxyl groups excluding tert-OH is 2. The first-order chi connectivity index (χ1) is 7.47. The zero-order valence-electron chi connectivity index (χ0n) is 8.51. The van der Waals surface area contributed by atoms with Crippen LogP contribution >= 0.6 is 11.6 Å². The van der Waals surface area contributed by atoms with Gasteiger partial charge in [-0.3, -0.25) is 4.79 Å². The van der Waals surface area contributed by atoms with E-state index in [-0.39, 0.29) is 10.8 Å². The van der Waals surface area contributed by atoms with Crippen molar-refractivity contribution in [3.63, 3.8) is 0 Å². The van der Waals surface area contributed by atoms with Crippen LogP contribution in [0.3, 0.4) is 0 Å². The van der Waals surface area contributed by atoms with E-state index in [9.17, 15) is 9.90 Å². The first kappa shape index (κ1) is 12.7. The molecule has 0 saturated carbocycles. The molecule has 0 amide bonds. The normalized spacial score (nSPS) is 13.9. The van der Waals surface area contributed by atoms with Crippen LogP contribution in [-0.2, 0) is 0 Å². The van der Waals surface area contributed by atoms with Gasteiger partial charge in [-0.15, -0.1) is 0 Å². The molecule has 0 spiro atoms. The molecule has 0 bridgehead atoms. The fourth-order valence-corrected chi connectivity index (χ4v) is 1.58. The molecule has 0 aliphatic carbocycles. The largest absolute Gasteiger partial charge is 0.385 e. The highest BCUT2D eigenvalue weighted by molar-refractivity contribution is 6.33. The number of hydrogen-bond donors (Lipinski definition) is 2. The van der Waals surface area contributed by atoms with Gasteiger partial charge in [0.25, 0.3) is 0 Å². The Morgan fingerprint density at radius 1 is 1.50 bits per heavy atom. The number of nitriles is 1. The number of hydrogen-bond acceptors (Lipinski definition) is 4. The van der Waals surface area contributed by atoms with Crippen molar-refractivity contribution in [2.75, 3.05) is 0 Å². The highest BCUT2D eigenvalue weighted by Gasteiger charge is 2.19. The van der Waals surface area contributed by atoms with Crippen molar-refractivity contribution in [3.05, 3.63) is 34.3 Å². The molecule has 1 aromatic carbocycles. The Hall–Kier alpha value is -1.41. The molecule has 2 N–H and O–H groups in total. The summed E-state index contributed by atoms with van der Waals surface area (Å²) in [6.07, 6.45) is -2.84. The molecule has 0 aliphatic rings. The van der Waals surface area contributed by atoms with Gasteiger partial charge in [-0.2, -0.15) is 5.26 Å². The van der Waals surface area contributed by atoms with Crippen LogP contribution in [0.25, 0.3) is 0 Å². The lowest BCUT2D eigenvalue weighted by atomic mass is 10.0. The van der Waals surface area contributed by atoms with E-state index in [1.807, 2.05) is 0 Å². The molecule has 4 nitrogen and oxygen atoms in total. The van der Waals surface area contributed by atoms with Crippen molar-refractivity contribution in [1.82, 2.24) is 0 Å². The van der Waals surface area contributed by atoms with Crippen molar-refractivity contribution in [1.29, 1.82) is 5.26 Å². The maximum Gasteiger partial charge on any atom is 0.170 e. The molecule has 0 saturated heterocycles. The maximum absolute atomic E-state index is 11.1. The van der Waals surface area contributed by atoms with Crippen LogP contribution in [0.2, 0.25) is 5.02 Å². The minimum atomic E-state index is -1.51. The zero-order chi connectivity index (χ0) is 12.3. The standard InChI is InChI=1S/C11H10ClNO3/c1-6(14)8-3-2-7(4-9(8)12)11(16)10(15)5-13/h2-4,10-11,15-16H,1H3. The smallest absolute Gasteiger partial charge is 0.170 e. The highest BCUT2D eigenvalue weighted by atomic mass is 35.5. The summed E-state index contributed by atoms with van der Waals surface area (Å²) >= 11 is 5.82. The second-order valence-corrected chi connectivity index (χ2v) is 3.72. The number of nitrogens with zero attached hydrogens (tertiary/aromatic N) is 1. The summed E-state index contributed by atoms with van der Waals surface area (Å²) in [5, 5.41) is 27.3. The average Bonchev–Trinajstić information content (AvgIpc) is 2.26. The Morgan fingerprint density at radius 2 is 2.12 bits per heavy atom. The summed E-state index contributed by atoms with van der Waals surface area (Å²) < 4.78 is 0. The number of benzene rings is 1. The monoisotopic (exact) mass is 239 g/mol. The fraction of sp³-hybridized carbons (Fsp3) is 0.273. The molecule has 1 rings (SSSR count). The molecule has 0 radical (unpaired) electrons. The van der Waals surface area contributed by atoms with Gasteiger partial charge in [0.15, 0.2) is 11.9 Å². The Kier molecular flexibility index (Phi) is 4.02. The molecule has 2 atom stereocenters. The summed E-state index contributed by atoms with van der Waals surface area (Å²) in [4.78, 5) is 11.1. The summed E-state index contributed by atoms with van der Waals surface area (Å²) in [6, 6.07) is 5.78. The Labute approximate surface area is 97.7 Å². The second kappa shape index (κ2) is 5.08. The molecule has 0 fully saturated rings. The van der Waals surface area contributed by atoms with Crippen molar-refractivity contribution in [3.8, 4) is 6.07 Å². The molecule has 2 unspecified atom stereocenters. The molecule has 0 aliphatic heterocycles. The van der Waals surface area contributed by atoms with Gasteiger partial charge in [0.2, 0.25) is 0 Å². The van der Waals surface area contributed by atoms with Gasteiger partial charge in [0.05, 0.1) is 11.1 Å². The Morgan fingerprint density at radius 3 is 2.56 bits per heavy atom. The quantitative estimate of drug-likeness (QED) is 0.618. The SMILES string of the molecule is CC(=O)c1ccc(C(O)C(O)C#N)cc1Cl. The third-order valence-electron chi connectivity index (χ3n) is 2.15. The maximum atomic E-state index is 11.1. The molecule has 0 heterocycles. The van der Waals surface area contributed by atoms with Gasteiger partial charge < -0.3 is 10.2 Å². The lowest BCUT2D eigenvalue weighted by Crippen LogP contribution is -2.15. The predicted molar refractivity (Wildman–Crippen MR) is 58.0 cm³/mol. The van der Waals surface area contributed by atoms with Gasteiger partial charge in [-0.1, -0.05) is 17.7 Å². The number of ketones is 1.